The van der Waals surface area contributed by atoms with Gasteiger partial charge in [-0.25, -0.2) is 0 Å². The van der Waals surface area contributed by atoms with Crippen LogP contribution in [0.3, 0.4) is 0 Å². The van der Waals surface area contributed by atoms with Crippen molar-refractivity contribution in [1.82, 2.24) is 0 Å². The van der Waals surface area contributed by atoms with E-state index in [1.165, 1.54) is 0 Å². The van der Waals surface area contributed by atoms with Crippen LogP contribution in [0.5, 0.6) is 0 Å². The fourth-order valence-corrected chi connectivity index (χ4v) is 0.936. The summed E-state index contributed by atoms with van der Waals surface area (Å²) in [6.45, 7) is 2.55. The van der Waals surface area contributed by atoms with E-state index in [2.05, 4.69) is 6.92 Å². The molecule has 0 amide bonds. The van der Waals surface area contributed by atoms with Crippen LogP contribution in [-0.2, 0) is 0 Å². The van der Waals surface area contributed by atoms with Gasteiger partial charge >= 0.3 is 0 Å². The van der Waals surface area contributed by atoms with Gasteiger partial charge in [0.15, 0.2) is 0 Å². The lowest BCUT2D eigenvalue weighted by Crippen LogP contribution is -2.49. The SMILES string of the molecule is [CH2]CC(O)[C@@H](O)[C@@H](O)[C@H](O)[C@H](O)CO. The van der Waals surface area contributed by atoms with Crippen molar-refractivity contribution < 1.29 is 30.6 Å². The number of aliphatic hydroxyl groups excluding tert-OH is 6. The van der Waals surface area contributed by atoms with Crippen LogP contribution in [0, 0.1) is 6.92 Å². The second-order valence-electron chi connectivity index (χ2n) is 3.08. The van der Waals surface area contributed by atoms with E-state index in [9.17, 15) is 10.2 Å². The molecule has 5 atom stereocenters. The first-order chi connectivity index (χ1) is 6.45. The molecule has 0 aliphatic rings. The van der Waals surface area contributed by atoms with Gasteiger partial charge in [-0.1, -0.05) is 6.92 Å². The van der Waals surface area contributed by atoms with Crippen molar-refractivity contribution in [2.45, 2.75) is 36.9 Å². The van der Waals surface area contributed by atoms with Gasteiger partial charge in [-0.2, -0.15) is 0 Å². The number of aliphatic hydroxyl groups is 6. The third-order valence-corrected chi connectivity index (χ3v) is 1.97. The quantitative estimate of drug-likeness (QED) is 0.277. The fraction of sp³-hybridized carbons (Fsp3) is 0.875. The molecule has 0 bridgehead atoms. The molecule has 0 aliphatic heterocycles. The van der Waals surface area contributed by atoms with Crippen LogP contribution in [0.1, 0.15) is 6.42 Å². The van der Waals surface area contributed by atoms with Crippen molar-refractivity contribution >= 4 is 0 Å². The average Bonchev–Trinajstić information content (AvgIpc) is 2.23. The molecular weight excluding hydrogens is 192 g/mol. The van der Waals surface area contributed by atoms with Crippen molar-refractivity contribution in [2.24, 2.45) is 0 Å². The minimum atomic E-state index is -1.73. The summed E-state index contributed by atoms with van der Waals surface area (Å²) in [5.74, 6) is 0. The molecular formula is C8H17O6. The molecule has 1 radical (unpaired) electrons. The summed E-state index contributed by atoms with van der Waals surface area (Å²) in [4.78, 5) is 0. The average molecular weight is 209 g/mol. The monoisotopic (exact) mass is 209 g/mol. The molecule has 0 spiro atoms. The van der Waals surface area contributed by atoms with Crippen molar-refractivity contribution in [1.29, 1.82) is 0 Å². The molecule has 6 N–H and O–H groups in total. The van der Waals surface area contributed by atoms with E-state index in [-0.39, 0.29) is 6.42 Å². The van der Waals surface area contributed by atoms with Crippen LogP contribution in [0.4, 0.5) is 0 Å². The van der Waals surface area contributed by atoms with Gasteiger partial charge in [0.1, 0.15) is 24.4 Å². The van der Waals surface area contributed by atoms with E-state index >= 15 is 0 Å². The van der Waals surface area contributed by atoms with Gasteiger partial charge in [-0.05, 0) is 6.42 Å². The second-order valence-corrected chi connectivity index (χ2v) is 3.08. The summed E-state index contributed by atoms with van der Waals surface area (Å²) in [6, 6.07) is 0. The molecule has 0 rings (SSSR count). The first-order valence-corrected chi connectivity index (χ1v) is 4.26. The molecule has 0 fully saturated rings. The zero-order valence-corrected chi connectivity index (χ0v) is 7.69. The topological polar surface area (TPSA) is 121 Å². The molecule has 0 heterocycles. The summed E-state index contributed by atoms with van der Waals surface area (Å²) in [6.07, 6.45) is -7.93. The molecule has 1 unspecified atom stereocenters. The van der Waals surface area contributed by atoms with Crippen molar-refractivity contribution in [3.05, 3.63) is 6.92 Å². The molecule has 14 heavy (non-hydrogen) atoms. The lowest BCUT2D eigenvalue weighted by molar-refractivity contribution is -0.139. The van der Waals surface area contributed by atoms with Crippen LogP contribution >= 0.6 is 0 Å². The highest BCUT2D eigenvalue weighted by Gasteiger charge is 2.33. The highest BCUT2D eigenvalue weighted by molar-refractivity contribution is 4.84. The predicted octanol–water partition coefficient (Wildman–Crippen LogP) is -2.99. The Bertz CT molecular complexity index is 137. The normalized spacial score (nSPS) is 22.5. The lowest BCUT2D eigenvalue weighted by atomic mass is 9.98. The van der Waals surface area contributed by atoms with Gasteiger partial charge in [0.2, 0.25) is 0 Å². The lowest BCUT2D eigenvalue weighted by Gasteiger charge is -2.27. The standard InChI is InChI=1S/C8H17O6/c1-2-4(10)6(12)8(14)7(13)5(11)3-9/h4-14H,1-3H2/t4?,5-,6-,7-,8-/m1/s1. The predicted molar refractivity (Wildman–Crippen MR) is 47.1 cm³/mol. The largest absolute Gasteiger partial charge is 0.394 e. The van der Waals surface area contributed by atoms with E-state index in [1.807, 2.05) is 0 Å². The third kappa shape index (κ3) is 3.49. The van der Waals surface area contributed by atoms with Crippen LogP contribution in [0.15, 0.2) is 0 Å². The molecule has 6 nitrogen and oxygen atoms in total. The van der Waals surface area contributed by atoms with Crippen LogP contribution in [0.25, 0.3) is 0 Å². The third-order valence-electron chi connectivity index (χ3n) is 1.97. The highest BCUT2D eigenvalue weighted by Crippen LogP contribution is 2.09. The summed E-state index contributed by atoms with van der Waals surface area (Å²) < 4.78 is 0. The van der Waals surface area contributed by atoms with Gasteiger partial charge in [0, 0.05) is 0 Å². The van der Waals surface area contributed by atoms with E-state index in [0.29, 0.717) is 0 Å². The Hall–Kier alpha value is -0.240. The molecule has 0 aromatic rings. The van der Waals surface area contributed by atoms with Crippen molar-refractivity contribution in [2.75, 3.05) is 6.61 Å². The molecule has 0 saturated carbocycles. The Labute approximate surface area is 82.1 Å². The van der Waals surface area contributed by atoms with Gasteiger partial charge in [0.05, 0.1) is 12.7 Å². The highest BCUT2D eigenvalue weighted by atomic mass is 16.4. The fourth-order valence-electron chi connectivity index (χ4n) is 0.936. The van der Waals surface area contributed by atoms with E-state index in [4.69, 9.17) is 20.4 Å². The molecule has 0 aromatic carbocycles. The van der Waals surface area contributed by atoms with Crippen LogP contribution < -0.4 is 0 Å². The zero-order valence-electron chi connectivity index (χ0n) is 7.69. The maximum Gasteiger partial charge on any atom is 0.111 e. The van der Waals surface area contributed by atoms with Crippen molar-refractivity contribution in [3.8, 4) is 0 Å². The first kappa shape index (κ1) is 13.8. The molecule has 0 saturated heterocycles. The maximum absolute atomic E-state index is 9.23. The molecule has 85 valence electrons. The molecule has 0 aliphatic carbocycles. The Kier molecular flexibility index (Phi) is 6.17. The first-order valence-electron chi connectivity index (χ1n) is 4.26. The summed E-state index contributed by atoms with van der Waals surface area (Å²) in [5, 5.41) is 54.0. The van der Waals surface area contributed by atoms with E-state index < -0.39 is 37.1 Å². The van der Waals surface area contributed by atoms with Gasteiger partial charge in [-0.3, -0.25) is 0 Å². The molecule has 0 aromatic heterocycles. The zero-order chi connectivity index (χ0) is 11.3. The minimum Gasteiger partial charge on any atom is -0.394 e. The van der Waals surface area contributed by atoms with E-state index in [0.717, 1.165) is 0 Å². The van der Waals surface area contributed by atoms with Crippen LogP contribution in [-0.4, -0.2) is 67.8 Å². The van der Waals surface area contributed by atoms with Gasteiger partial charge < -0.3 is 30.6 Å². The number of hydrogen-bond acceptors (Lipinski definition) is 6. The summed E-state index contributed by atoms with van der Waals surface area (Å²) in [5.41, 5.74) is 0. The van der Waals surface area contributed by atoms with Gasteiger partial charge in [-0.15, -0.1) is 0 Å². The Balaban J connectivity index is 4.22. The second kappa shape index (κ2) is 6.28. The van der Waals surface area contributed by atoms with Crippen LogP contribution in [0.2, 0.25) is 0 Å². The summed E-state index contributed by atoms with van der Waals surface area (Å²) in [7, 11) is 0. The maximum atomic E-state index is 9.23. The van der Waals surface area contributed by atoms with Gasteiger partial charge in [0.25, 0.3) is 0 Å². The smallest absolute Gasteiger partial charge is 0.111 e. The Morgan fingerprint density at radius 3 is 1.57 bits per heavy atom. The number of rotatable bonds is 6. The Morgan fingerprint density at radius 1 is 0.786 bits per heavy atom. The minimum absolute atomic E-state index is 0.0415. The van der Waals surface area contributed by atoms with E-state index in [1.54, 1.807) is 0 Å². The number of hydrogen-bond donors (Lipinski definition) is 6. The Morgan fingerprint density at radius 2 is 1.21 bits per heavy atom. The molecule has 6 heteroatoms. The summed E-state index contributed by atoms with van der Waals surface area (Å²) >= 11 is 0. The van der Waals surface area contributed by atoms with Crippen molar-refractivity contribution in [3.63, 3.8) is 0 Å².